The monoisotopic (exact) mass is 259 g/mol. The third-order valence-electron chi connectivity index (χ3n) is 2.55. The summed E-state index contributed by atoms with van der Waals surface area (Å²) in [4.78, 5) is 11.1. The molecule has 1 aromatic rings. The van der Waals surface area contributed by atoms with Crippen molar-refractivity contribution in [2.75, 3.05) is 6.54 Å². The highest BCUT2D eigenvalue weighted by atomic mass is 35.5. The van der Waals surface area contributed by atoms with Crippen LogP contribution in [0.4, 0.5) is 4.39 Å². The lowest BCUT2D eigenvalue weighted by atomic mass is 9.87. The molecule has 0 heterocycles. The summed E-state index contributed by atoms with van der Waals surface area (Å²) in [5, 5.41) is 9.28. The molecule has 1 aromatic carbocycles. The van der Waals surface area contributed by atoms with Crippen molar-refractivity contribution in [1.29, 1.82) is 0 Å². The minimum atomic E-state index is -1.71. The van der Waals surface area contributed by atoms with Crippen LogP contribution in [-0.2, 0) is 10.5 Å². The molecule has 17 heavy (non-hydrogen) atoms. The summed E-state index contributed by atoms with van der Waals surface area (Å²) >= 11 is 5.95. The molecule has 1 atom stereocenters. The molecule has 1 rings (SSSR count). The molecule has 1 unspecified atom stereocenters. The minimum Gasteiger partial charge on any atom is -0.481 e. The Balaban J connectivity index is 3.43. The zero-order valence-corrected chi connectivity index (χ0v) is 10.5. The van der Waals surface area contributed by atoms with Crippen molar-refractivity contribution in [3.05, 3.63) is 34.3 Å². The molecule has 0 fully saturated rings. The average Bonchev–Trinajstić information content (AvgIpc) is 2.15. The summed E-state index contributed by atoms with van der Waals surface area (Å²) < 4.78 is 14.1. The van der Waals surface area contributed by atoms with E-state index < -0.39 is 17.6 Å². The van der Waals surface area contributed by atoms with Gasteiger partial charge >= 0.3 is 5.97 Å². The number of alkyl halides is 1. The Morgan fingerprint density at radius 2 is 2.18 bits per heavy atom. The van der Waals surface area contributed by atoms with Gasteiger partial charge in [-0.3, -0.25) is 4.79 Å². The van der Waals surface area contributed by atoms with E-state index >= 15 is 0 Å². The van der Waals surface area contributed by atoms with Gasteiger partial charge in [-0.15, -0.1) is 0 Å². The van der Waals surface area contributed by atoms with Gasteiger partial charge < -0.3 is 10.8 Å². The number of aliphatic carboxylic acids is 1. The van der Waals surface area contributed by atoms with Crippen LogP contribution in [0.1, 0.15) is 30.9 Å². The molecule has 3 N–H and O–H groups in total. The Morgan fingerprint density at radius 1 is 1.59 bits per heavy atom. The second-order valence-corrected chi connectivity index (χ2v) is 4.71. The number of halogens is 2. The summed E-state index contributed by atoms with van der Waals surface area (Å²) in [6.07, 6.45) is 0. The molecule has 5 heteroatoms. The summed E-state index contributed by atoms with van der Waals surface area (Å²) in [7, 11) is 0. The van der Waals surface area contributed by atoms with Crippen molar-refractivity contribution >= 4 is 17.6 Å². The third-order valence-corrected chi connectivity index (χ3v) is 2.86. The maximum atomic E-state index is 14.1. The molecule has 0 aliphatic rings. The largest absolute Gasteiger partial charge is 0.481 e. The van der Waals surface area contributed by atoms with E-state index in [9.17, 15) is 9.18 Å². The number of benzene rings is 1. The van der Waals surface area contributed by atoms with E-state index in [4.69, 9.17) is 22.4 Å². The van der Waals surface area contributed by atoms with Crippen molar-refractivity contribution in [2.24, 2.45) is 5.73 Å². The molecule has 0 saturated carbocycles. The first-order valence-electron chi connectivity index (χ1n) is 5.19. The molecule has 94 valence electrons. The normalized spacial score (nSPS) is 13.5. The van der Waals surface area contributed by atoms with Gasteiger partial charge in [-0.1, -0.05) is 23.7 Å². The Bertz CT molecular complexity index is 429. The van der Waals surface area contributed by atoms with Gasteiger partial charge in [0, 0.05) is 17.1 Å². The summed E-state index contributed by atoms with van der Waals surface area (Å²) in [6, 6.07) is 4.68. The zero-order chi connectivity index (χ0) is 13.2. The molecule has 0 aromatic heterocycles. The lowest BCUT2D eigenvalue weighted by Crippen LogP contribution is -2.25. The molecule has 0 amide bonds. The lowest BCUT2D eigenvalue weighted by molar-refractivity contribution is -0.138. The molecular weight excluding hydrogens is 245 g/mol. The van der Waals surface area contributed by atoms with Gasteiger partial charge in [0.2, 0.25) is 0 Å². The number of rotatable bonds is 4. The van der Waals surface area contributed by atoms with Crippen LogP contribution in [0.15, 0.2) is 18.2 Å². The van der Waals surface area contributed by atoms with Gasteiger partial charge in [0.1, 0.15) is 5.67 Å². The second-order valence-electron chi connectivity index (χ2n) is 4.30. The molecule has 0 saturated heterocycles. The third kappa shape index (κ3) is 2.96. The second kappa shape index (κ2) is 5.02. The molecule has 0 aliphatic heterocycles. The van der Waals surface area contributed by atoms with Crippen molar-refractivity contribution in [3.63, 3.8) is 0 Å². The predicted octanol–water partition coefficient (Wildman–Crippen LogP) is 2.67. The summed E-state index contributed by atoms with van der Waals surface area (Å²) in [5.41, 5.74) is 4.24. The van der Waals surface area contributed by atoms with E-state index in [1.807, 2.05) is 0 Å². The first-order valence-corrected chi connectivity index (χ1v) is 5.57. The number of hydrogen-bond donors (Lipinski definition) is 2. The zero-order valence-electron chi connectivity index (χ0n) is 9.71. The smallest absolute Gasteiger partial charge is 0.312 e. The van der Waals surface area contributed by atoms with Crippen molar-refractivity contribution in [3.8, 4) is 0 Å². The average molecular weight is 260 g/mol. The fraction of sp³-hybridized carbons (Fsp3) is 0.417. The highest BCUT2D eigenvalue weighted by molar-refractivity contribution is 6.31. The van der Waals surface area contributed by atoms with E-state index in [0.717, 1.165) is 0 Å². The topological polar surface area (TPSA) is 63.3 Å². The van der Waals surface area contributed by atoms with Gasteiger partial charge in [-0.2, -0.15) is 0 Å². The number of carboxylic acids is 1. The fourth-order valence-electron chi connectivity index (χ4n) is 1.82. The van der Waals surface area contributed by atoms with Crippen LogP contribution in [0, 0.1) is 0 Å². The van der Waals surface area contributed by atoms with E-state index in [-0.39, 0.29) is 17.1 Å². The molecule has 0 radical (unpaired) electrons. The van der Waals surface area contributed by atoms with Crippen molar-refractivity contribution in [2.45, 2.75) is 25.4 Å². The van der Waals surface area contributed by atoms with Gasteiger partial charge in [-0.05, 0) is 25.5 Å². The number of carbonyl (C=O) groups is 1. The van der Waals surface area contributed by atoms with E-state index in [2.05, 4.69) is 0 Å². The minimum absolute atomic E-state index is 0.0985. The quantitative estimate of drug-likeness (QED) is 0.874. The first-order chi connectivity index (χ1) is 7.79. The number of carboxylic acid groups (broad SMARTS) is 1. The van der Waals surface area contributed by atoms with Crippen LogP contribution in [0.5, 0.6) is 0 Å². The van der Waals surface area contributed by atoms with Gasteiger partial charge in [-0.25, -0.2) is 4.39 Å². The summed E-state index contributed by atoms with van der Waals surface area (Å²) in [5.74, 6) is -2.03. The molecular formula is C12H15ClFNO2. The van der Waals surface area contributed by atoms with Crippen LogP contribution >= 0.6 is 11.6 Å². The molecule has 0 bridgehead atoms. The standard InChI is InChI=1S/C12H15ClFNO2/c1-12(2,14)10-7(4-3-5-9(10)13)8(6-15)11(16)17/h3-5,8H,6,15H2,1-2H3,(H,16,17). The van der Waals surface area contributed by atoms with Crippen LogP contribution in [0.2, 0.25) is 5.02 Å². The Labute approximate surface area is 104 Å². The Morgan fingerprint density at radius 3 is 2.59 bits per heavy atom. The molecule has 0 spiro atoms. The van der Waals surface area contributed by atoms with E-state index in [1.165, 1.54) is 19.9 Å². The van der Waals surface area contributed by atoms with Gasteiger partial charge in [0.05, 0.1) is 5.92 Å². The fourth-order valence-corrected chi connectivity index (χ4v) is 2.23. The van der Waals surface area contributed by atoms with Gasteiger partial charge in [0.25, 0.3) is 0 Å². The predicted molar refractivity (Wildman–Crippen MR) is 65.0 cm³/mol. The molecule has 3 nitrogen and oxygen atoms in total. The maximum absolute atomic E-state index is 14.1. The van der Waals surface area contributed by atoms with Crippen LogP contribution in [0.25, 0.3) is 0 Å². The van der Waals surface area contributed by atoms with Crippen LogP contribution < -0.4 is 5.73 Å². The highest BCUT2D eigenvalue weighted by Gasteiger charge is 2.30. The Hall–Kier alpha value is -1.13. The molecule has 0 aliphatic carbocycles. The van der Waals surface area contributed by atoms with Crippen LogP contribution in [0.3, 0.4) is 0 Å². The number of hydrogen-bond acceptors (Lipinski definition) is 2. The number of nitrogens with two attached hydrogens (primary N) is 1. The van der Waals surface area contributed by atoms with E-state index in [1.54, 1.807) is 12.1 Å². The lowest BCUT2D eigenvalue weighted by Gasteiger charge is -2.23. The summed E-state index contributed by atoms with van der Waals surface area (Å²) in [6.45, 7) is 2.58. The van der Waals surface area contributed by atoms with Crippen molar-refractivity contribution < 1.29 is 14.3 Å². The van der Waals surface area contributed by atoms with Crippen molar-refractivity contribution in [1.82, 2.24) is 0 Å². The maximum Gasteiger partial charge on any atom is 0.312 e. The van der Waals surface area contributed by atoms with E-state index in [0.29, 0.717) is 5.56 Å². The Kier molecular flexibility index (Phi) is 4.11. The van der Waals surface area contributed by atoms with Gasteiger partial charge in [0.15, 0.2) is 0 Å². The first kappa shape index (κ1) is 13.9. The van der Waals surface area contributed by atoms with Crippen LogP contribution in [-0.4, -0.2) is 17.6 Å². The SMILES string of the molecule is CC(C)(F)c1c(Cl)cccc1C(CN)C(=O)O. The highest BCUT2D eigenvalue weighted by Crippen LogP contribution is 2.37.